The average molecular weight is 290 g/mol. The van der Waals surface area contributed by atoms with E-state index in [9.17, 15) is 4.79 Å². The summed E-state index contributed by atoms with van der Waals surface area (Å²) in [5, 5.41) is 0. The molecule has 0 N–H and O–H groups in total. The second kappa shape index (κ2) is 11.0. The van der Waals surface area contributed by atoms with Crippen LogP contribution in [0.5, 0.6) is 0 Å². The second-order valence-corrected chi connectivity index (χ2v) is 5.03. The van der Waals surface area contributed by atoms with Crippen molar-refractivity contribution < 1.29 is 14.3 Å². The van der Waals surface area contributed by atoms with Gasteiger partial charge < -0.3 is 9.47 Å². The zero-order valence-electron chi connectivity index (χ0n) is 13.0. The summed E-state index contributed by atoms with van der Waals surface area (Å²) in [6.45, 7) is 6.27. The van der Waals surface area contributed by atoms with Crippen LogP contribution < -0.4 is 0 Å². The van der Waals surface area contributed by atoms with Gasteiger partial charge in [0.05, 0.1) is 6.61 Å². The molecule has 1 rings (SSSR count). The molecule has 0 aliphatic rings. The third kappa shape index (κ3) is 7.54. The molecule has 0 bridgehead atoms. The van der Waals surface area contributed by atoms with Crippen LogP contribution in [0, 0.1) is 0 Å². The van der Waals surface area contributed by atoms with Crippen LogP contribution in [-0.2, 0) is 22.3 Å². The Morgan fingerprint density at radius 1 is 1.10 bits per heavy atom. The van der Waals surface area contributed by atoms with Gasteiger partial charge in [-0.25, -0.2) is 4.79 Å². The van der Waals surface area contributed by atoms with Gasteiger partial charge in [-0.2, -0.15) is 0 Å². The molecule has 1 aromatic rings. The standard InChI is InChI=1S/C18H26O3/c1-3-5-6-10-16-11-7-8-12-17(16)13-9-15-21-18(19)20-14-4-2/h4,7-8,11-12H,2-3,5-6,9-10,13-15H2,1H3. The zero-order valence-corrected chi connectivity index (χ0v) is 13.0. The van der Waals surface area contributed by atoms with E-state index in [0.717, 1.165) is 19.3 Å². The van der Waals surface area contributed by atoms with Crippen molar-refractivity contribution in [3.63, 3.8) is 0 Å². The molecule has 1 aromatic carbocycles. The molecule has 116 valence electrons. The summed E-state index contributed by atoms with van der Waals surface area (Å²) >= 11 is 0. The first-order valence-corrected chi connectivity index (χ1v) is 7.75. The Labute approximate surface area is 128 Å². The van der Waals surface area contributed by atoms with Crippen LogP contribution in [0.3, 0.4) is 0 Å². The third-order valence-electron chi connectivity index (χ3n) is 3.30. The van der Waals surface area contributed by atoms with Gasteiger partial charge >= 0.3 is 6.16 Å². The highest BCUT2D eigenvalue weighted by Gasteiger charge is 2.04. The highest BCUT2D eigenvalue weighted by atomic mass is 16.7. The van der Waals surface area contributed by atoms with Crippen molar-refractivity contribution in [1.29, 1.82) is 0 Å². The van der Waals surface area contributed by atoms with E-state index in [1.54, 1.807) is 0 Å². The van der Waals surface area contributed by atoms with Crippen molar-refractivity contribution in [2.24, 2.45) is 0 Å². The van der Waals surface area contributed by atoms with Gasteiger partial charge in [-0.3, -0.25) is 0 Å². The lowest BCUT2D eigenvalue weighted by Crippen LogP contribution is -2.09. The second-order valence-electron chi connectivity index (χ2n) is 5.03. The molecule has 21 heavy (non-hydrogen) atoms. The van der Waals surface area contributed by atoms with E-state index < -0.39 is 6.16 Å². The first kappa shape index (κ1) is 17.3. The third-order valence-corrected chi connectivity index (χ3v) is 3.30. The predicted octanol–water partition coefficient (Wildman–Crippen LogP) is 4.69. The highest BCUT2D eigenvalue weighted by Crippen LogP contribution is 2.14. The van der Waals surface area contributed by atoms with Crippen molar-refractivity contribution in [3.8, 4) is 0 Å². The molecular formula is C18H26O3. The number of hydrogen-bond acceptors (Lipinski definition) is 3. The number of carbonyl (C=O) groups is 1. The number of benzene rings is 1. The fourth-order valence-corrected chi connectivity index (χ4v) is 2.20. The van der Waals surface area contributed by atoms with Crippen molar-refractivity contribution in [2.75, 3.05) is 13.2 Å². The molecule has 0 radical (unpaired) electrons. The van der Waals surface area contributed by atoms with Crippen LogP contribution in [0.1, 0.15) is 43.7 Å². The smallest absolute Gasteiger partial charge is 0.434 e. The van der Waals surface area contributed by atoms with Crippen molar-refractivity contribution in [2.45, 2.75) is 45.4 Å². The molecule has 0 aliphatic carbocycles. The van der Waals surface area contributed by atoms with Crippen molar-refractivity contribution in [1.82, 2.24) is 0 Å². The molecule has 0 amide bonds. The lowest BCUT2D eigenvalue weighted by molar-refractivity contribution is 0.0625. The lowest BCUT2D eigenvalue weighted by atomic mass is 9.98. The summed E-state index contributed by atoms with van der Waals surface area (Å²) < 4.78 is 9.75. The Hall–Kier alpha value is -1.77. The Kier molecular flexibility index (Phi) is 9.01. The molecule has 0 aromatic heterocycles. The van der Waals surface area contributed by atoms with Gasteiger partial charge in [0.15, 0.2) is 0 Å². The molecule has 0 spiro atoms. The summed E-state index contributed by atoms with van der Waals surface area (Å²) in [6.07, 6.45) is 7.52. The van der Waals surface area contributed by atoms with E-state index in [-0.39, 0.29) is 6.61 Å². The van der Waals surface area contributed by atoms with Gasteiger partial charge in [-0.05, 0) is 36.8 Å². The topological polar surface area (TPSA) is 35.5 Å². The number of rotatable bonds is 10. The summed E-state index contributed by atoms with van der Waals surface area (Å²) in [7, 11) is 0. The maximum absolute atomic E-state index is 11.2. The van der Waals surface area contributed by atoms with E-state index >= 15 is 0 Å². The van der Waals surface area contributed by atoms with Crippen LogP contribution in [-0.4, -0.2) is 19.4 Å². The molecule has 3 nitrogen and oxygen atoms in total. The van der Waals surface area contributed by atoms with Crippen LogP contribution in [0.25, 0.3) is 0 Å². The van der Waals surface area contributed by atoms with Crippen LogP contribution in [0.4, 0.5) is 4.79 Å². The van der Waals surface area contributed by atoms with Gasteiger partial charge in [0.2, 0.25) is 0 Å². The fraction of sp³-hybridized carbons (Fsp3) is 0.500. The van der Waals surface area contributed by atoms with Crippen LogP contribution >= 0.6 is 0 Å². The quantitative estimate of drug-likeness (QED) is 0.356. The summed E-state index contributed by atoms with van der Waals surface area (Å²) in [4.78, 5) is 11.2. The van der Waals surface area contributed by atoms with E-state index in [1.165, 1.54) is 36.5 Å². The minimum atomic E-state index is -0.619. The van der Waals surface area contributed by atoms with E-state index in [0.29, 0.717) is 6.61 Å². The number of hydrogen-bond donors (Lipinski definition) is 0. The van der Waals surface area contributed by atoms with E-state index in [1.807, 2.05) is 0 Å². The summed E-state index contributed by atoms with van der Waals surface area (Å²) in [5.41, 5.74) is 2.77. The van der Waals surface area contributed by atoms with Gasteiger partial charge in [-0.1, -0.05) is 56.7 Å². The molecule has 0 heterocycles. The molecule has 0 saturated carbocycles. The first-order chi connectivity index (χ1) is 10.3. The highest BCUT2D eigenvalue weighted by molar-refractivity contribution is 5.59. The fourth-order valence-electron chi connectivity index (χ4n) is 2.20. The minimum absolute atomic E-state index is 0.194. The van der Waals surface area contributed by atoms with Gasteiger partial charge in [-0.15, -0.1) is 0 Å². The van der Waals surface area contributed by atoms with E-state index in [2.05, 4.69) is 37.8 Å². The molecule has 0 atom stereocenters. The molecule has 0 aliphatic heterocycles. The average Bonchev–Trinajstić information content (AvgIpc) is 2.51. The Morgan fingerprint density at radius 3 is 2.38 bits per heavy atom. The zero-order chi connectivity index (χ0) is 15.3. The van der Waals surface area contributed by atoms with Crippen molar-refractivity contribution in [3.05, 3.63) is 48.0 Å². The van der Waals surface area contributed by atoms with Gasteiger partial charge in [0.1, 0.15) is 6.61 Å². The monoisotopic (exact) mass is 290 g/mol. The minimum Gasteiger partial charge on any atom is -0.434 e. The number of aryl methyl sites for hydroxylation is 2. The van der Waals surface area contributed by atoms with Gasteiger partial charge in [0, 0.05) is 0 Å². The Bertz CT molecular complexity index is 426. The van der Waals surface area contributed by atoms with Crippen LogP contribution in [0.15, 0.2) is 36.9 Å². The van der Waals surface area contributed by atoms with E-state index in [4.69, 9.17) is 9.47 Å². The Balaban J connectivity index is 2.30. The Morgan fingerprint density at radius 2 is 1.76 bits per heavy atom. The van der Waals surface area contributed by atoms with Gasteiger partial charge in [0.25, 0.3) is 0 Å². The van der Waals surface area contributed by atoms with Crippen molar-refractivity contribution >= 4 is 6.16 Å². The maximum atomic E-state index is 11.2. The number of unbranched alkanes of at least 4 members (excludes halogenated alkanes) is 2. The summed E-state index contributed by atoms with van der Waals surface area (Å²) in [6, 6.07) is 8.52. The molecular weight excluding hydrogens is 264 g/mol. The molecule has 0 saturated heterocycles. The molecule has 0 fully saturated rings. The molecule has 0 unspecified atom stereocenters. The maximum Gasteiger partial charge on any atom is 0.508 e. The SMILES string of the molecule is C=CCOC(=O)OCCCc1ccccc1CCCCC. The first-order valence-electron chi connectivity index (χ1n) is 7.75. The lowest BCUT2D eigenvalue weighted by Gasteiger charge is -2.09. The predicted molar refractivity (Wildman–Crippen MR) is 85.5 cm³/mol. The summed E-state index contributed by atoms with van der Waals surface area (Å²) in [5.74, 6) is 0. The number of carbonyl (C=O) groups excluding carboxylic acids is 1. The number of ether oxygens (including phenoxy) is 2. The largest absolute Gasteiger partial charge is 0.508 e. The normalized spacial score (nSPS) is 10.1. The molecule has 3 heteroatoms. The van der Waals surface area contributed by atoms with Crippen LogP contribution in [0.2, 0.25) is 0 Å².